The number of rotatable bonds is 5. The van der Waals surface area contributed by atoms with Gasteiger partial charge in [0.05, 0.1) is 18.8 Å². The van der Waals surface area contributed by atoms with Crippen LogP contribution in [0.2, 0.25) is 0 Å². The van der Waals surface area contributed by atoms with Crippen LogP contribution in [0.25, 0.3) is 0 Å². The zero-order chi connectivity index (χ0) is 11.1. The summed E-state index contributed by atoms with van der Waals surface area (Å²) in [6.45, 7) is 2.16. The Hall–Kier alpha value is -1.39. The van der Waals surface area contributed by atoms with Crippen LogP contribution in [0.5, 0.6) is 0 Å². The van der Waals surface area contributed by atoms with Crippen molar-refractivity contribution in [3.63, 3.8) is 0 Å². The van der Waals surface area contributed by atoms with Crippen molar-refractivity contribution in [2.75, 3.05) is 13.4 Å². The zero-order valence-corrected chi connectivity index (χ0v) is 8.60. The number of aliphatic hydroxyl groups is 1. The number of esters is 1. The molecule has 0 bridgehead atoms. The highest BCUT2D eigenvalue weighted by molar-refractivity contribution is 5.89. The van der Waals surface area contributed by atoms with Gasteiger partial charge in [0.25, 0.3) is 0 Å². The fraction of sp³-hybridized carbons (Fsp3) is 0.364. The second-order valence-corrected chi connectivity index (χ2v) is 2.89. The van der Waals surface area contributed by atoms with E-state index in [1.807, 2.05) is 0 Å². The first-order valence-corrected chi connectivity index (χ1v) is 4.72. The monoisotopic (exact) mass is 210 g/mol. The molecule has 0 saturated carbocycles. The number of hydrogen-bond acceptors (Lipinski definition) is 4. The number of ether oxygens (including phenoxy) is 2. The lowest BCUT2D eigenvalue weighted by Crippen LogP contribution is -2.04. The van der Waals surface area contributed by atoms with Gasteiger partial charge in [-0.3, -0.25) is 0 Å². The first kappa shape index (κ1) is 11.7. The standard InChI is InChI=1S/C11H14O4/c1-2-15-11(13)10-5-3-9(4-6-10)7-14-8-12/h3-6,12H,2,7-8H2,1H3. The summed E-state index contributed by atoms with van der Waals surface area (Å²) in [4.78, 5) is 11.3. The minimum atomic E-state index is -0.327. The molecule has 4 heteroatoms. The number of carbonyl (C=O) groups is 1. The molecule has 0 saturated heterocycles. The number of aliphatic hydroxyl groups excluding tert-OH is 1. The van der Waals surface area contributed by atoms with E-state index in [1.165, 1.54) is 0 Å². The molecule has 0 aliphatic rings. The largest absolute Gasteiger partial charge is 0.462 e. The van der Waals surface area contributed by atoms with Gasteiger partial charge in [0.15, 0.2) is 0 Å². The second-order valence-electron chi connectivity index (χ2n) is 2.89. The fourth-order valence-corrected chi connectivity index (χ4v) is 1.11. The average Bonchev–Trinajstić information content (AvgIpc) is 2.27. The molecule has 1 rings (SSSR count). The molecular weight excluding hydrogens is 196 g/mol. The Kier molecular flexibility index (Phi) is 4.80. The van der Waals surface area contributed by atoms with E-state index < -0.39 is 0 Å². The van der Waals surface area contributed by atoms with Crippen LogP contribution in [0.3, 0.4) is 0 Å². The van der Waals surface area contributed by atoms with E-state index in [9.17, 15) is 4.79 Å². The summed E-state index contributed by atoms with van der Waals surface area (Å²) < 4.78 is 9.65. The van der Waals surface area contributed by atoms with Crippen molar-refractivity contribution in [2.24, 2.45) is 0 Å². The van der Waals surface area contributed by atoms with Crippen LogP contribution in [0.15, 0.2) is 24.3 Å². The predicted octanol–water partition coefficient (Wildman–Crippen LogP) is 1.33. The van der Waals surface area contributed by atoms with Crippen LogP contribution in [0.1, 0.15) is 22.8 Å². The Morgan fingerprint density at radius 3 is 2.53 bits per heavy atom. The van der Waals surface area contributed by atoms with Gasteiger partial charge in [0.2, 0.25) is 0 Å². The number of benzene rings is 1. The quantitative estimate of drug-likeness (QED) is 0.588. The van der Waals surface area contributed by atoms with E-state index in [0.717, 1.165) is 5.56 Å². The molecule has 4 nitrogen and oxygen atoms in total. The molecule has 0 fully saturated rings. The molecule has 15 heavy (non-hydrogen) atoms. The van der Waals surface area contributed by atoms with Crippen LogP contribution >= 0.6 is 0 Å². The maximum atomic E-state index is 11.3. The maximum absolute atomic E-state index is 11.3. The number of hydrogen-bond donors (Lipinski definition) is 1. The topological polar surface area (TPSA) is 55.8 Å². The molecule has 0 heterocycles. The SMILES string of the molecule is CCOC(=O)c1ccc(COCO)cc1. The molecular formula is C11H14O4. The van der Waals surface area contributed by atoms with E-state index in [0.29, 0.717) is 18.8 Å². The van der Waals surface area contributed by atoms with Gasteiger partial charge < -0.3 is 14.6 Å². The van der Waals surface area contributed by atoms with Crippen molar-refractivity contribution in [3.05, 3.63) is 35.4 Å². The molecule has 0 aromatic heterocycles. The summed E-state index contributed by atoms with van der Waals surface area (Å²) in [5.41, 5.74) is 1.42. The summed E-state index contributed by atoms with van der Waals surface area (Å²) in [7, 11) is 0. The molecule has 0 unspecified atom stereocenters. The summed E-state index contributed by atoms with van der Waals surface area (Å²) in [5, 5.41) is 8.44. The summed E-state index contributed by atoms with van der Waals surface area (Å²) in [6.07, 6.45) is 0. The van der Waals surface area contributed by atoms with Crippen LogP contribution in [0.4, 0.5) is 0 Å². The van der Waals surface area contributed by atoms with Gasteiger partial charge in [-0.1, -0.05) is 12.1 Å². The average molecular weight is 210 g/mol. The van der Waals surface area contributed by atoms with Crippen molar-refractivity contribution in [3.8, 4) is 0 Å². The van der Waals surface area contributed by atoms with Crippen molar-refractivity contribution in [1.29, 1.82) is 0 Å². The molecule has 1 N–H and O–H groups in total. The van der Waals surface area contributed by atoms with Crippen LogP contribution in [-0.4, -0.2) is 24.5 Å². The predicted molar refractivity (Wildman–Crippen MR) is 54.3 cm³/mol. The van der Waals surface area contributed by atoms with Crippen LogP contribution in [0, 0.1) is 0 Å². The van der Waals surface area contributed by atoms with Crippen molar-refractivity contribution in [1.82, 2.24) is 0 Å². The summed E-state index contributed by atoms with van der Waals surface area (Å²) in [5.74, 6) is -0.327. The highest BCUT2D eigenvalue weighted by Crippen LogP contribution is 2.07. The van der Waals surface area contributed by atoms with Crippen molar-refractivity contribution >= 4 is 5.97 Å². The van der Waals surface area contributed by atoms with Crippen LogP contribution in [-0.2, 0) is 16.1 Å². The van der Waals surface area contributed by atoms with E-state index >= 15 is 0 Å². The van der Waals surface area contributed by atoms with E-state index in [-0.39, 0.29) is 12.8 Å². The Bertz CT molecular complexity index is 305. The van der Waals surface area contributed by atoms with E-state index in [1.54, 1.807) is 31.2 Å². The Morgan fingerprint density at radius 2 is 2.00 bits per heavy atom. The molecule has 0 aliphatic heterocycles. The third kappa shape index (κ3) is 3.69. The minimum Gasteiger partial charge on any atom is -0.462 e. The second kappa shape index (κ2) is 6.16. The van der Waals surface area contributed by atoms with Gasteiger partial charge in [-0.25, -0.2) is 4.79 Å². The molecule has 0 atom stereocenters. The molecule has 0 aliphatic carbocycles. The molecule has 0 radical (unpaired) electrons. The van der Waals surface area contributed by atoms with Gasteiger partial charge in [-0.15, -0.1) is 0 Å². The summed E-state index contributed by atoms with van der Waals surface area (Å²) >= 11 is 0. The lowest BCUT2D eigenvalue weighted by atomic mass is 10.1. The molecule has 1 aromatic carbocycles. The van der Waals surface area contributed by atoms with E-state index in [2.05, 4.69) is 0 Å². The van der Waals surface area contributed by atoms with Gasteiger partial charge in [0, 0.05) is 0 Å². The Labute approximate surface area is 88.4 Å². The van der Waals surface area contributed by atoms with Gasteiger partial charge >= 0.3 is 5.97 Å². The third-order valence-electron chi connectivity index (χ3n) is 1.83. The van der Waals surface area contributed by atoms with Crippen LogP contribution < -0.4 is 0 Å². The summed E-state index contributed by atoms with van der Waals surface area (Å²) in [6, 6.07) is 6.88. The lowest BCUT2D eigenvalue weighted by Gasteiger charge is -2.03. The molecule has 82 valence electrons. The highest BCUT2D eigenvalue weighted by atomic mass is 16.6. The van der Waals surface area contributed by atoms with Gasteiger partial charge in [-0.05, 0) is 24.6 Å². The molecule has 0 spiro atoms. The fourth-order valence-electron chi connectivity index (χ4n) is 1.11. The van der Waals surface area contributed by atoms with Gasteiger partial charge in [-0.2, -0.15) is 0 Å². The highest BCUT2D eigenvalue weighted by Gasteiger charge is 2.05. The van der Waals surface area contributed by atoms with Crippen molar-refractivity contribution < 1.29 is 19.4 Å². The maximum Gasteiger partial charge on any atom is 0.338 e. The third-order valence-corrected chi connectivity index (χ3v) is 1.83. The van der Waals surface area contributed by atoms with Crippen molar-refractivity contribution in [2.45, 2.75) is 13.5 Å². The lowest BCUT2D eigenvalue weighted by molar-refractivity contribution is -0.0112. The molecule has 0 amide bonds. The van der Waals surface area contributed by atoms with Gasteiger partial charge in [0.1, 0.15) is 6.79 Å². The first-order chi connectivity index (χ1) is 7.27. The minimum absolute atomic E-state index is 0.306. The first-order valence-electron chi connectivity index (χ1n) is 4.72. The smallest absolute Gasteiger partial charge is 0.338 e. The number of carbonyl (C=O) groups excluding carboxylic acids is 1. The normalized spacial score (nSPS) is 10.0. The van der Waals surface area contributed by atoms with E-state index in [4.69, 9.17) is 14.6 Å². The Balaban J connectivity index is 2.59. The zero-order valence-electron chi connectivity index (χ0n) is 8.60. The Morgan fingerprint density at radius 1 is 1.33 bits per heavy atom. The molecule has 1 aromatic rings.